The van der Waals surface area contributed by atoms with Crippen LogP contribution in [0, 0.1) is 5.82 Å². The van der Waals surface area contributed by atoms with Crippen molar-refractivity contribution in [1.29, 1.82) is 0 Å². The molecule has 0 bridgehead atoms. The molecule has 3 rings (SSSR count). The van der Waals surface area contributed by atoms with E-state index < -0.39 is 29.2 Å². The summed E-state index contributed by atoms with van der Waals surface area (Å²) in [5, 5.41) is 9.13. The van der Waals surface area contributed by atoms with E-state index in [2.05, 4.69) is 15.7 Å². The summed E-state index contributed by atoms with van der Waals surface area (Å²) in [6, 6.07) is 4.71. The Kier molecular flexibility index (Phi) is 4.27. The summed E-state index contributed by atoms with van der Waals surface area (Å²) < 4.78 is 54.6. The molecule has 0 aliphatic carbocycles. The molecule has 1 amide bonds. The van der Waals surface area contributed by atoms with Crippen molar-refractivity contribution in [3.63, 3.8) is 0 Å². The fourth-order valence-corrected chi connectivity index (χ4v) is 2.63. The van der Waals surface area contributed by atoms with E-state index in [0.29, 0.717) is 24.2 Å². The Morgan fingerprint density at radius 2 is 2.08 bits per heavy atom. The summed E-state index contributed by atoms with van der Waals surface area (Å²) in [6.07, 6.45) is -3.42. The van der Waals surface area contributed by atoms with Crippen LogP contribution in [0.5, 0.6) is 0 Å². The fraction of sp³-hybridized carbons (Fsp3) is 0.333. The number of amides is 1. The van der Waals surface area contributed by atoms with Crippen molar-refractivity contribution in [1.82, 2.24) is 20.4 Å². The number of aromatic nitrogens is 2. The van der Waals surface area contributed by atoms with Gasteiger partial charge in [-0.15, -0.1) is 0 Å². The van der Waals surface area contributed by atoms with E-state index in [1.165, 1.54) is 18.2 Å². The van der Waals surface area contributed by atoms with Gasteiger partial charge in [0.2, 0.25) is 0 Å². The first-order valence-corrected chi connectivity index (χ1v) is 7.29. The van der Waals surface area contributed by atoms with Crippen LogP contribution in [0.1, 0.15) is 22.5 Å². The van der Waals surface area contributed by atoms with Crippen molar-refractivity contribution in [2.75, 3.05) is 13.1 Å². The molecule has 1 fully saturated rings. The Bertz CT molecular complexity index is 750. The monoisotopic (exact) mass is 342 g/mol. The molecular weight excluding hydrogens is 328 g/mol. The average Bonchev–Trinajstić information content (AvgIpc) is 3.15. The third-order valence-corrected chi connectivity index (χ3v) is 3.76. The van der Waals surface area contributed by atoms with Crippen LogP contribution in [0.15, 0.2) is 30.5 Å². The third-order valence-electron chi connectivity index (χ3n) is 3.76. The summed E-state index contributed by atoms with van der Waals surface area (Å²) >= 11 is 0. The highest BCUT2D eigenvalue weighted by Crippen LogP contribution is 2.34. The molecule has 1 aliphatic heterocycles. The van der Waals surface area contributed by atoms with Crippen LogP contribution in [-0.4, -0.2) is 34.8 Å². The molecule has 2 aromatic rings. The van der Waals surface area contributed by atoms with Gasteiger partial charge in [-0.3, -0.25) is 4.79 Å². The standard InChI is InChI=1S/C15H14F4N4O/c16-11-3-1-2-4-12(11)23-13(15(17,18)19)10(8-21-23)14(24)22-9-5-6-20-7-9/h1-4,8-9,20H,5-7H2,(H,22,24). The van der Waals surface area contributed by atoms with Gasteiger partial charge in [-0.1, -0.05) is 12.1 Å². The number of carbonyl (C=O) groups is 1. The van der Waals surface area contributed by atoms with Gasteiger partial charge in [0.15, 0.2) is 5.69 Å². The van der Waals surface area contributed by atoms with Gasteiger partial charge in [0.05, 0.1) is 11.8 Å². The van der Waals surface area contributed by atoms with Gasteiger partial charge < -0.3 is 10.6 Å². The highest BCUT2D eigenvalue weighted by atomic mass is 19.4. The van der Waals surface area contributed by atoms with Crippen LogP contribution >= 0.6 is 0 Å². The van der Waals surface area contributed by atoms with E-state index in [1.54, 1.807) is 0 Å². The Labute approximate surface area is 134 Å². The van der Waals surface area contributed by atoms with Gasteiger partial charge in [-0.05, 0) is 25.1 Å². The molecule has 1 aromatic heterocycles. The summed E-state index contributed by atoms with van der Waals surface area (Å²) in [7, 11) is 0. The lowest BCUT2D eigenvalue weighted by atomic mass is 10.2. The largest absolute Gasteiger partial charge is 0.434 e. The van der Waals surface area contributed by atoms with Gasteiger partial charge in [-0.2, -0.15) is 18.3 Å². The maximum atomic E-state index is 13.8. The minimum absolute atomic E-state index is 0.240. The molecule has 9 heteroatoms. The van der Waals surface area contributed by atoms with Crippen molar-refractivity contribution in [2.24, 2.45) is 0 Å². The van der Waals surface area contributed by atoms with Crippen molar-refractivity contribution < 1.29 is 22.4 Å². The lowest BCUT2D eigenvalue weighted by molar-refractivity contribution is -0.143. The smallest absolute Gasteiger partial charge is 0.348 e. The molecule has 5 nitrogen and oxygen atoms in total. The number of hydrogen-bond acceptors (Lipinski definition) is 3. The Balaban J connectivity index is 2.01. The maximum Gasteiger partial charge on any atom is 0.434 e. The normalized spacial score (nSPS) is 17.9. The number of para-hydroxylation sites is 1. The molecule has 0 spiro atoms. The first-order valence-electron chi connectivity index (χ1n) is 7.29. The first-order chi connectivity index (χ1) is 11.4. The first kappa shape index (κ1) is 16.4. The van der Waals surface area contributed by atoms with E-state index in [4.69, 9.17) is 0 Å². The number of rotatable bonds is 3. The molecule has 0 radical (unpaired) electrons. The van der Waals surface area contributed by atoms with Crippen molar-refractivity contribution in [3.8, 4) is 5.69 Å². The number of benzene rings is 1. The van der Waals surface area contributed by atoms with Crippen LogP contribution in [0.4, 0.5) is 17.6 Å². The molecule has 1 saturated heterocycles. The molecule has 1 unspecified atom stereocenters. The Hall–Kier alpha value is -2.42. The van der Waals surface area contributed by atoms with E-state index >= 15 is 0 Å². The molecule has 2 N–H and O–H groups in total. The second kappa shape index (κ2) is 6.23. The zero-order valence-electron chi connectivity index (χ0n) is 12.4. The SMILES string of the molecule is O=C(NC1CCNC1)c1cnn(-c2ccccc2F)c1C(F)(F)F. The van der Waals surface area contributed by atoms with E-state index in [-0.39, 0.29) is 11.7 Å². The summed E-state index contributed by atoms with van der Waals surface area (Å²) in [4.78, 5) is 12.2. The van der Waals surface area contributed by atoms with Crippen LogP contribution in [0.25, 0.3) is 5.69 Å². The molecular formula is C15H14F4N4O. The second-order valence-electron chi connectivity index (χ2n) is 5.43. The van der Waals surface area contributed by atoms with E-state index in [1.807, 2.05) is 0 Å². The second-order valence-corrected chi connectivity index (χ2v) is 5.43. The molecule has 1 aromatic carbocycles. The summed E-state index contributed by atoms with van der Waals surface area (Å²) in [6.45, 7) is 1.18. The molecule has 24 heavy (non-hydrogen) atoms. The number of alkyl halides is 3. The third kappa shape index (κ3) is 3.12. The lowest BCUT2D eigenvalue weighted by Gasteiger charge is -2.15. The van der Waals surface area contributed by atoms with E-state index in [9.17, 15) is 22.4 Å². The highest BCUT2D eigenvalue weighted by molar-refractivity contribution is 5.95. The van der Waals surface area contributed by atoms with Crippen molar-refractivity contribution in [2.45, 2.75) is 18.6 Å². The minimum atomic E-state index is -4.86. The van der Waals surface area contributed by atoms with Gasteiger partial charge in [-0.25, -0.2) is 9.07 Å². The fourth-order valence-electron chi connectivity index (χ4n) is 2.63. The Morgan fingerprint density at radius 1 is 1.33 bits per heavy atom. The number of nitrogens with zero attached hydrogens (tertiary/aromatic N) is 2. The summed E-state index contributed by atoms with van der Waals surface area (Å²) in [5.41, 5.74) is -2.29. The van der Waals surface area contributed by atoms with Gasteiger partial charge in [0, 0.05) is 12.6 Å². The van der Waals surface area contributed by atoms with Crippen LogP contribution in [0.2, 0.25) is 0 Å². The van der Waals surface area contributed by atoms with E-state index in [0.717, 1.165) is 12.3 Å². The molecule has 1 aliphatic rings. The molecule has 0 saturated carbocycles. The van der Waals surface area contributed by atoms with Gasteiger partial charge in [0.1, 0.15) is 11.5 Å². The topological polar surface area (TPSA) is 59.0 Å². The van der Waals surface area contributed by atoms with Crippen LogP contribution < -0.4 is 10.6 Å². The summed E-state index contributed by atoms with van der Waals surface area (Å²) in [5.74, 6) is -1.74. The quantitative estimate of drug-likeness (QED) is 0.840. The number of nitrogens with one attached hydrogen (secondary N) is 2. The molecule has 2 heterocycles. The predicted molar refractivity (Wildman–Crippen MR) is 77.3 cm³/mol. The molecule has 1 atom stereocenters. The van der Waals surface area contributed by atoms with Gasteiger partial charge in [0.25, 0.3) is 5.91 Å². The number of carbonyl (C=O) groups excluding carboxylic acids is 1. The average molecular weight is 342 g/mol. The zero-order chi connectivity index (χ0) is 17.3. The highest BCUT2D eigenvalue weighted by Gasteiger charge is 2.41. The Morgan fingerprint density at radius 3 is 2.71 bits per heavy atom. The van der Waals surface area contributed by atoms with Crippen molar-refractivity contribution >= 4 is 5.91 Å². The lowest BCUT2D eigenvalue weighted by Crippen LogP contribution is -2.37. The predicted octanol–water partition coefficient (Wildman–Crippen LogP) is 2.12. The number of hydrogen-bond donors (Lipinski definition) is 2. The maximum absolute atomic E-state index is 13.8. The molecule has 128 valence electrons. The number of halogens is 4. The van der Waals surface area contributed by atoms with Crippen molar-refractivity contribution in [3.05, 3.63) is 47.5 Å². The van der Waals surface area contributed by atoms with Gasteiger partial charge >= 0.3 is 6.18 Å². The van der Waals surface area contributed by atoms with Crippen LogP contribution in [-0.2, 0) is 6.18 Å². The van der Waals surface area contributed by atoms with Crippen LogP contribution in [0.3, 0.4) is 0 Å². The minimum Gasteiger partial charge on any atom is -0.348 e. The zero-order valence-corrected chi connectivity index (χ0v) is 12.4.